The molecule has 0 bridgehead atoms. The Kier molecular flexibility index (Phi) is 3.40. The van der Waals surface area contributed by atoms with Gasteiger partial charge >= 0.3 is 6.01 Å². The van der Waals surface area contributed by atoms with Crippen molar-refractivity contribution in [1.82, 2.24) is 10.2 Å². The lowest BCUT2D eigenvalue weighted by atomic mass is 10.3. The second-order valence-electron chi connectivity index (χ2n) is 2.94. The van der Waals surface area contributed by atoms with Crippen molar-refractivity contribution in [3.05, 3.63) is 30.1 Å². The first-order chi connectivity index (χ1) is 7.78. The van der Waals surface area contributed by atoms with Crippen LogP contribution in [-0.2, 0) is 0 Å². The van der Waals surface area contributed by atoms with Gasteiger partial charge in [0.15, 0.2) is 0 Å². The van der Waals surface area contributed by atoms with E-state index in [0.717, 1.165) is 5.75 Å². The maximum atomic E-state index is 12.6. The Morgan fingerprint density at radius 1 is 1.31 bits per heavy atom. The Labute approximate surface area is 96.3 Å². The summed E-state index contributed by atoms with van der Waals surface area (Å²) in [5, 5.41) is 11.0. The van der Waals surface area contributed by atoms with E-state index in [1.807, 2.05) is 6.92 Å². The van der Waals surface area contributed by atoms with Gasteiger partial charge in [0, 0.05) is 5.69 Å². The van der Waals surface area contributed by atoms with Crippen LogP contribution in [0.2, 0.25) is 0 Å². The molecule has 0 saturated heterocycles. The number of hydrogen-bond acceptors (Lipinski definition) is 5. The fourth-order valence-corrected chi connectivity index (χ4v) is 1.58. The van der Waals surface area contributed by atoms with E-state index in [0.29, 0.717) is 16.9 Å². The molecule has 4 nitrogen and oxygen atoms in total. The van der Waals surface area contributed by atoms with Crippen molar-refractivity contribution in [2.24, 2.45) is 0 Å². The zero-order chi connectivity index (χ0) is 11.4. The smallest absolute Gasteiger partial charge is 0.320 e. The Balaban J connectivity index is 2.05. The Bertz CT molecular complexity index is 457. The minimum Gasteiger partial charge on any atom is -0.398 e. The first-order valence-corrected chi connectivity index (χ1v) is 5.75. The third-order valence-electron chi connectivity index (χ3n) is 1.77. The molecule has 0 radical (unpaired) electrons. The number of benzene rings is 1. The second-order valence-corrected chi connectivity index (χ2v) is 4.15. The number of aromatic nitrogens is 2. The van der Waals surface area contributed by atoms with Crippen LogP contribution < -0.4 is 5.32 Å². The fraction of sp³-hybridized carbons (Fsp3) is 0.200. The molecular formula is C10H10FN3OS. The molecule has 0 saturated carbocycles. The molecule has 2 aromatic rings. The average molecular weight is 239 g/mol. The number of thioether (sulfide) groups is 1. The van der Waals surface area contributed by atoms with Crippen molar-refractivity contribution >= 4 is 23.5 Å². The molecule has 1 N–H and O–H groups in total. The predicted octanol–water partition coefficient (Wildman–Crippen LogP) is 3.06. The van der Waals surface area contributed by atoms with Gasteiger partial charge < -0.3 is 9.73 Å². The Morgan fingerprint density at radius 3 is 2.75 bits per heavy atom. The van der Waals surface area contributed by atoms with Crippen LogP contribution in [0, 0.1) is 5.82 Å². The first kappa shape index (κ1) is 10.9. The molecule has 1 aromatic heterocycles. The Morgan fingerprint density at radius 2 is 2.06 bits per heavy atom. The molecule has 2 rings (SSSR count). The van der Waals surface area contributed by atoms with Crippen molar-refractivity contribution in [3.8, 4) is 0 Å². The van der Waals surface area contributed by atoms with Gasteiger partial charge in [-0.05, 0) is 30.0 Å². The van der Waals surface area contributed by atoms with Gasteiger partial charge in [-0.2, -0.15) is 0 Å². The van der Waals surface area contributed by atoms with Crippen molar-refractivity contribution in [1.29, 1.82) is 0 Å². The number of nitrogens with one attached hydrogen (secondary N) is 1. The van der Waals surface area contributed by atoms with Gasteiger partial charge in [-0.3, -0.25) is 0 Å². The van der Waals surface area contributed by atoms with Crippen molar-refractivity contribution in [2.75, 3.05) is 11.1 Å². The molecule has 0 fully saturated rings. The molecule has 0 aliphatic carbocycles. The van der Waals surface area contributed by atoms with E-state index in [1.165, 1.54) is 23.9 Å². The highest BCUT2D eigenvalue weighted by molar-refractivity contribution is 7.99. The van der Waals surface area contributed by atoms with Gasteiger partial charge in [-0.25, -0.2) is 4.39 Å². The zero-order valence-corrected chi connectivity index (χ0v) is 9.42. The highest BCUT2D eigenvalue weighted by atomic mass is 32.2. The molecule has 0 aliphatic rings. The Hall–Kier alpha value is -1.56. The number of nitrogens with zero attached hydrogens (tertiary/aromatic N) is 2. The minimum atomic E-state index is -0.279. The number of rotatable bonds is 4. The summed E-state index contributed by atoms with van der Waals surface area (Å²) in [5.74, 6) is 0.594. The highest BCUT2D eigenvalue weighted by Gasteiger charge is 2.05. The topological polar surface area (TPSA) is 51.0 Å². The minimum absolute atomic E-state index is 0.279. The maximum absolute atomic E-state index is 12.6. The van der Waals surface area contributed by atoms with Crippen LogP contribution in [0.25, 0.3) is 0 Å². The summed E-state index contributed by atoms with van der Waals surface area (Å²) < 4.78 is 17.9. The fourth-order valence-electron chi connectivity index (χ4n) is 1.10. The van der Waals surface area contributed by atoms with E-state index in [-0.39, 0.29) is 5.82 Å². The lowest BCUT2D eigenvalue weighted by Crippen LogP contribution is -1.90. The van der Waals surface area contributed by atoms with E-state index < -0.39 is 0 Å². The van der Waals surface area contributed by atoms with Gasteiger partial charge in [0.2, 0.25) is 0 Å². The molecule has 0 spiro atoms. The summed E-state index contributed by atoms with van der Waals surface area (Å²) in [6, 6.07) is 6.24. The molecule has 0 atom stereocenters. The number of anilines is 2. The van der Waals surface area contributed by atoms with Gasteiger partial charge in [0.1, 0.15) is 5.82 Å². The highest BCUT2D eigenvalue weighted by Crippen LogP contribution is 2.20. The van der Waals surface area contributed by atoms with Crippen LogP contribution in [0.5, 0.6) is 0 Å². The third kappa shape index (κ3) is 2.73. The second kappa shape index (κ2) is 4.98. The lowest BCUT2D eigenvalue weighted by Gasteiger charge is -1.99. The van der Waals surface area contributed by atoms with Gasteiger partial charge in [-0.15, -0.1) is 0 Å². The van der Waals surface area contributed by atoms with E-state index in [9.17, 15) is 4.39 Å². The average Bonchev–Trinajstić information content (AvgIpc) is 2.70. The van der Waals surface area contributed by atoms with Crippen LogP contribution in [0.4, 0.5) is 16.1 Å². The van der Waals surface area contributed by atoms with Gasteiger partial charge in [-0.1, -0.05) is 28.9 Å². The van der Waals surface area contributed by atoms with Crippen molar-refractivity contribution in [2.45, 2.75) is 12.1 Å². The first-order valence-electron chi connectivity index (χ1n) is 4.77. The molecular weight excluding hydrogens is 229 g/mol. The number of halogens is 1. The van der Waals surface area contributed by atoms with Gasteiger partial charge in [0.05, 0.1) is 0 Å². The molecule has 1 aromatic carbocycles. The SMILES string of the molecule is CCSc1nnc(Nc2ccc(F)cc2)o1. The molecule has 0 aliphatic heterocycles. The summed E-state index contributed by atoms with van der Waals surface area (Å²) in [6.07, 6.45) is 0. The molecule has 16 heavy (non-hydrogen) atoms. The van der Waals surface area contributed by atoms with Crippen LogP contribution in [0.15, 0.2) is 33.9 Å². The predicted molar refractivity (Wildman–Crippen MR) is 60.4 cm³/mol. The van der Waals surface area contributed by atoms with Crippen LogP contribution >= 0.6 is 11.8 Å². The molecule has 84 valence electrons. The third-order valence-corrected chi connectivity index (χ3v) is 2.47. The molecule has 1 heterocycles. The molecule has 0 unspecified atom stereocenters. The van der Waals surface area contributed by atoms with Crippen LogP contribution in [0.3, 0.4) is 0 Å². The van der Waals surface area contributed by atoms with Crippen molar-refractivity contribution in [3.63, 3.8) is 0 Å². The molecule has 0 amide bonds. The quantitative estimate of drug-likeness (QED) is 0.831. The number of hydrogen-bond donors (Lipinski definition) is 1. The summed E-state index contributed by atoms with van der Waals surface area (Å²) in [6.45, 7) is 2.00. The zero-order valence-electron chi connectivity index (χ0n) is 8.61. The van der Waals surface area contributed by atoms with Crippen LogP contribution in [-0.4, -0.2) is 16.0 Å². The van der Waals surface area contributed by atoms with Gasteiger partial charge in [0.25, 0.3) is 5.22 Å². The summed E-state index contributed by atoms with van der Waals surface area (Å²) in [5.41, 5.74) is 0.707. The van der Waals surface area contributed by atoms with E-state index in [2.05, 4.69) is 15.5 Å². The van der Waals surface area contributed by atoms with Crippen molar-refractivity contribution < 1.29 is 8.81 Å². The summed E-state index contributed by atoms with van der Waals surface area (Å²) in [4.78, 5) is 0. The summed E-state index contributed by atoms with van der Waals surface area (Å²) >= 11 is 1.47. The van der Waals surface area contributed by atoms with E-state index in [4.69, 9.17) is 4.42 Å². The van der Waals surface area contributed by atoms with E-state index in [1.54, 1.807) is 12.1 Å². The normalized spacial score (nSPS) is 10.4. The van der Waals surface area contributed by atoms with Crippen LogP contribution in [0.1, 0.15) is 6.92 Å². The lowest BCUT2D eigenvalue weighted by molar-refractivity contribution is 0.469. The van der Waals surface area contributed by atoms with E-state index >= 15 is 0 Å². The summed E-state index contributed by atoms with van der Waals surface area (Å²) in [7, 11) is 0. The largest absolute Gasteiger partial charge is 0.398 e. The maximum Gasteiger partial charge on any atom is 0.320 e. The monoisotopic (exact) mass is 239 g/mol. The standard InChI is InChI=1S/C10H10FN3OS/c1-2-16-10-14-13-9(15-10)12-8-5-3-7(11)4-6-8/h3-6H,2H2,1H3,(H,12,13). The molecule has 6 heteroatoms.